The molecule has 0 radical (unpaired) electrons. The molecule has 0 aromatic heterocycles. The summed E-state index contributed by atoms with van der Waals surface area (Å²) in [6.45, 7) is 4.34. The van der Waals surface area contributed by atoms with Gasteiger partial charge in [0.15, 0.2) is 12.2 Å². The lowest BCUT2D eigenvalue weighted by atomic mass is 10.1. The molecule has 108 heavy (non-hydrogen) atoms. The summed E-state index contributed by atoms with van der Waals surface area (Å²) in [5, 5.41) is 10.7. The molecule has 0 heterocycles. The molecule has 0 saturated heterocycles. The second-order valence-electron chi connectivity index (χ2n) is 26.6. The smallest absolute Gasteiger partial charge is 0.462 e. The number of unbranched alkanes of at least 4 members (excludes halogenated alkanes) is 19. The van der Waals surface area contributed by atoms with E-state index in [9.17, 15) is 43.2 Å². The maximum absolute atomic E-state index is 13.1. The third-order valence-electron chi connectivity index (χ3n) is 16.3. The summed E-state index contributed by atoms with van der Waals surface area (Å²) in [5.74, 6) is -2.33. The monoisotopic (exact) mass is 1550 g/mol. The Morgan fingerprint density at radius 2 is 0.500 bits per heavy atom. The van der Waals surface area contributed by atoms with E-state index in [1.165, 1.54) is 0 Å². The first-order valence-electron chi connectivity index (χ1n) is 41.0. The highest BCUT2D eigenvalue weighted by atomic mass is 31.2. The van der Waals surface area contributed by atoms with E-state index in [2.05, 4.69) is 192 Å². The predicted molar refractivity (Wildman–Crippen MR) is 445 cm³/mol. The zero-order chi connectivity index (χ0) is 78.9. The maximum Gasteiger partial charge on any atom is 0.472 e. The standard InChI is InChI=1S/C89H144O17P2/c1-5-9-13-17-21-25-29-33-36-39-41-44-47-51-54-58-62-66-70-74-87(92)100-80-85(106-89(94)76-72-68-64-60-56-52-48-45-42-40-37-34-30-26-22-18-14-10-6-2)82-104-108(97,98)102-78-83(90)77-101-107(95,96)103-81-84(105-88(93)75-71-67-63-59-55-49-32-28-24-20-16-12-8-4)79-99-86(91)73-69-65-61-57-53-50-46-43-38-35-31-27-23-19-15-11-7-3/h9-11,13-16,20-23,25-28,32-38,41-42,44-45,51,54,62,66,83-85,90H,5-8,12,17-19,24,29-31,39-40,43,46-50,52-53,55-61,63-65,67-82H2,1-4H3,(H,95,96)(H,97,98)/b13-9-,14-10-,15-11-,20-16-,25-21-,26-22-,27-23-,32-28-,36-33-,37-34-,38-35-,44-41-,45-42-,54-51-,66-62-. The van der Waals surface area contributed by atoms with E-state index in [0.717, 1.165) is 212 Å². The maximum atomic E-state index is 13.1. The van der Waals surface area contributed by atoms with Gasteiger partial charge in [-0.3, -0.25) is 37.3 Å². The molecular weight excluding hydrogens is 1400 g/mol. The summed E-state index contributed by atoms with van der Waals surface area (Å²) in [6.07, 6.45) is 95.9. The van der Waals surface area contributed by atoms with Crippen LogP contribution in [0.3, 0.4) is 0 Å². The van der Waals surface area contributed by atoms with E-state index in [1.54, 1.807) is 0 Å². The topological polar surface area (TPSA) is 237 Å². The van der Waals surface area contributed by atoms with Crippen molar-refractivity contribution in [1.29, 1.82) is 0 Å². The van der Waals surface area contributed by atoms with Gasteiger partial charge in [0.1, 0.15) is 19.3 Å². The fraction of sp³-hybridized carbons (Fsp3) is 0.618. The molecule has 0 aliphatic heterocycles. The van der Waals surface area contributed by atoms with Gasteiger partial charge in [0.2, 0.25) is 0 Å². The van der Waals surface area contributed by atoms with Crippen LogP contribution in [0.5, 0.6) is 0 Å². The molecular formula is C89H144O17P2. The van der Waals surface area contributed by atoms with Crippen LogP contribution >= 0.6 is 15.6 Å². The normalized spacial score (nSPS) is 14.8. The molecule has 5 unspecified atom stereocenters. The van der Waals surface area contributed by atoms with Crippen molar-refractivity contribution in [1.82, 2.24) is 0 Å². The molecule has 0 amide bonds. The Balaban J connectivity index is 5.47. The number of aliphatic hydroxyl groups is 1. The number of phosphoric acid groups is 2. The van der Waals surface area contributed by atoms with Gasteiger partial charge in [-0.2, -0.15) is 0 Å². The second-order valence-corrected chi connectivity index (χ2v) is 29.5. The van der Waals surface area contributed by atoms with E-state index in [0.29, 0.717) is 32.1 Å². The molecule has 0 saturated carbocycles. The lowest BCUT2D eigenvalue weighted by molar-refractivity contribution is -0.161. The Labute approximate surface area is 654 Å². The number of hydrogen-bond donors (Lipinski definition) is 3. The number of carbonyl (C=O) groups excluding carboxylic acids is 4. The number of carbonyl (C=O) groups is 4. The number of allylic oxidation sites excluding steroid dienone is 30. The van der Waals surface area contributed by atoms with Crippen LogP contribution in [0.2, 0.25) is 0 Å². The van der Waals surface area contributed by atoms with Gasteiger partial charge in [0, 0.05) is 25.7 Å². The average Bonchev–Trinajstić information content (AvgIpc) is 0.892. The van der Waals surface area contributed by atoms with Crippen LogP contribution in [0.25, 0.3) is 0 Å². The first-order chi connectivity index (χ1) is 52.7. The molecule has 0 rings (SSSR count). The van der Waals surface area contributed by atoms with Crippen molar-refractivity contribution in [2.24, 2.45) is 0 Å². The number of aliphatic hydroxyl groups excluding tert-OH is 1. The van der Waals surface area contributed by atoms with Crippen molar-refractivity contribution in [3.8, 4) is 0 Å². The minimum absolute atomic E-state index is 0.0258. The quantitative estimate of drug-likeness (QED) is 0.0169. The SMILES string of the molecule is CC/C=C\C/C=C\C/C=C\C/C=C\C/C=C\C/C=C\CCC(=O)OCC(COP(=O)(O)OCC(O)COP(=O)(O)OCC(COC(=O)CCCCCCCCC/C=C\C/C=C\C/C=C\CC)OC(=O)CCCCCCC/C=C\C/C=C\CCC)OC(=O)CCCCCCCC/C=C\C/C=C\C/C=C\C/C=C\CC. The largest absolute Gasteiger partial charge is 0.472 e. The summed E-state index contributed by atoms with van der Waals surface area (Å²) in [6, 6.07) is 0. The molecule has 0 aliphatic rings. The van der Waals surface area contributed by atoms with Crippen molar-refractivity contribution in [3.63, 3.8) is 0 Å². The van der Waals surface area contributed by atoms with Crippen LogP contribution in [0.4, 0.5) is 0 Å². The van der Waals surface area contributed by atoms with Gasteiger partial charge in [0.05, 0.1) is 26.4 Å². The van der Waals surface area contributed by atoms with Crippen LogP contribution in [0, 0.1) is 0 Å². The van der Waals surface area contributed by atoms with Crippen molar-refractivity contribution in [2.45, 2.75) is 316 Å². The van der Waals surface area contributed by atoms with Crippen LogP contribution in [0.1, 0.15) is 297 Å². The van der Waals surface area contributed by atoms with Crippen LogP contribution < -0.4 is 0 Å². The van der Waals surface area contributed by atoms with Crippen LogP contribution in [0.15, 0.2) is 182 Å². The van der Waals surface area contributed by atoms with E-state index in [-0.39, 0.29) is 25.7 Å². The number of hydrogen-bond acceptors (Lipinski definition) is 15. The van der Waals surface area contributed by atoms with Gasteiger partial charge in [-0.25, -0.2) is 9.13 Å². The molecule has 612 valence electrons. The molecule has 19 heteroatoms. The zero-order valence-corrected chi connectivity index (χ0v) is 68.7. The minimum atomic E-state index is -5.01. The van der Waals surface area contributed by atoms with Gasteiger partial charge in [-0.1, -0.05) is 293 Å². The molecule has 3 N–H and O–H groups in total. The Morgan fingerprint density at radius 3 is 0.796 bits per heavy atom. The van der Waals surface area contributed by atoms with Crippen molar-refractivity contribution < 1.29 is 80.2 Å². The Kier molecular flexibility index (Phi) is 75.0. The van der Waals surface area contributed by atoms with Crippen LogP contribution in [-0.2, 0) is 65.4 Å². The Morgan fingerprint density at radius 1 is 0.269 bits per heavy atom. The lowest BCUT2D eigenvalue weighted by Crippen LogP contribution is -2.30. The summed E-state index contributed by atoms with van der Waals surface area (Å²) >= 11 is 0. The van der Waals surface area contributed by atoms with Gasteiger partial charge in [-0.15, -0.1) is 0 Å². The van der Waals surface area contributed by atoms with Gasteiger partial charge in [-0.05, 0) is 161 Å². The molecule has 17 nitrogen and oxygen atoms in total. The van der Waals surface area contributed by atoms with E-state index >= 15 is 0 Å². The molecule has 0 aromatic carbocycles. The fourth-order valence-corrected chi connectivity index (χ4v) is 11.8. The number of esters is 4. The summed E-state index contributed by atoms with van der Waals surface area (Å²) in [7, 11) is -10.0. The predicted octanol–water partition coefficient (Wildman–Crippen LogP) is 24.3. The minimum Gasteiger partial charge on any atom is -0.462 e. The highest BCUT2D eigenvalue weighted by Gasteiger charge is 2.30. The number of rotatable bonds is 75. The molecule has 0 spiro atoms. The molecule has 0 bridgehead atoms. The van der Waals surface area contributed by atoms with Crippen molar-refractivity contribution >= 4 is 39.5 Å². The van der Waals surface area contributed by atoms with Gasteiger partial charge in [0.25, 0.3) is 0 Å². The van der Waals surface area contributed by atoms with E-state index < -0.39 is 97.5 Å². The highest BCUT2D eigenvalue weighted by molar-refractivity contribution is 7.47. The Hall–Kier alpha value is -5.84. The zero-order valence-electron chi connectivity index (χ0n) is 66.9. The average molecular weight is 1550 g/mol. The summed E-state index contributed by atoms with van der Waals surface area (Å²) < 4.78 is 68.6. The fourth-order valence-electron chi connectivity index (χ4n) is 10.2. The molecule has 0 aromatic rings. The van der Waals surface area contributed by atoms with Crippen LogP contribution in [-0.4, -0.2) is 96.7 Å². The van der Waals surface area contributed by atoms with Crippen molar-refractivity contribution in [3.05, 3.63) is 182 Å². The first-order valence-corrected chi connectivity index (χ1v) is 44.0. The summed E-state index contributed by atoms with van der Waals surface area (Å²) in [4.78, 5) is 73.1. The number of ether oxygens (including phenoxy) is 4. The molecule has 5 atom stereocenters. The Bertz CT molecular complexity index is 2760. The molecule has 0 fully saturated rings. The van der Waals surface area contributed by atoms with Crippen molar-refractivity contribution in [2.75, 3.05) is 39.6 Å². The lowest BCUT2D eigenvalue weighted by Gasteiger charge is -2.21. The second kappa shape index (κ2) is 79.3. The third kappa shape index (κ3) is 78.3. The van der Waals surface area contributed by atoms with E-state index in [4.69, 9.17) is 37.0 Å². The van der Waals surface area contributed by atoms with Gasteiger partial charge >= 0.3 is 39.5 Å². The first kappa shape index (κ1) is 102. The van der Waals surface area contributed by atoms with E-state index in [1.807, 2.05) is 18.2 Å². The van der Waals surface area contributed by atoms with Gasteiger partial charge < -0.3 is 33.8 Å². The highest BCUT2D eigenvalue weighted by Crippen LogP contribution is 2.45. The summed E-state index contributed by atoms with van der Waals surface area (Å²) in [5.41, 5.74) is 0. The third-order valence-corrected chi connectivity index (χ3v) is 18.2. The number of phosphoric ester groups is 2. The molecule has 0 aliphatic carbocycles.